The monoisotopic (exact) mass is 541 g/mol. The number of thiocarbonyl (C=S) groups is 1. The van der Waals surface area contributed by atoms with Gasteiger partial charge in [0.05, 0.1) is 13.2 Å². The third-order valence-corrected chi connectivity index (χ3v) is 7.00. The van der Waals surface area contributed by atoms with Gasteiger partial charge in [-0.1, -0.05) is 60.2 Å². The molecule has 2 aromatic carbocycles. The quantitative estimate of drug-likeness (QED) is 0.254. The van der Waals surface area contributed by atoms with Crippen molar-refractivity contribution in [2.24, 2.45) is 0 Å². The van der Waals surface area contributed by atoms with Gasteiger partial charge in [-0.15, -0.1) is 0 Å². The van der Waals surface area contributed by atoms with Gasteiger partial charge in [-0.25, -0.2) is 0 Å². The molecule has 1 aliphatic heterocycles. The standard InChI is InChI=1S/C26H24ClN3O4S2/c27-21-9-5-4-8-19(21)17-28-25(32)22(29-24(31)18-6-2-1-3-7-18)16-20-10-11-23(34-20)36-26(35)30-12-14-33-15-13-30/h1-11,16H,12-15,17H2,(H,28,32)(H,29,31)/b22-16-. The van der Waals surface area contributed by atoms with Gasteiger partial charge in [-0.2, -0.15) is 0 Å². The summed E-state index contributed by atoms with van der Waals surface area (Å²) in [7, 11) is 0. The predicted octanol–water partition coefficient (Wildman–Crippen LogP) is 4.73. The van der Waals surface area contributed by atoms with Crippen LogP contribution in [0.25, 0.3) is 6.08 Å². The van der Waals surface area contributed by atoms with Crippen molar-refractivity contribution in [1.82, 2.24) is 15.5 Å². The Morgan fingerprint density at radius 3 is 2.50 bits per heavy atom. The van der Waals surface area contributed by atoms with E-state index in [1.54, 1.807) is 42.5 Å². The molecule has 1 aliphatic rings. The lowest BCUT2D eigenvalue weighted by molar-refractivity contribution is -0.117. The normalized spacial score (nSPS) is 13.8. The van der Waals surface area contributed by atoms with E-state index < -0.39 is 11.8 Å². The zero-order valence-electron chi connectivity index (χ0n) is 19.2. The number of amides is 2. The lowest BCUT2D eigenvalue weighted by atomic mass is 10.2. The number of carbonyl (C=O) groups is 2. The van der Waals surface area contributed by atoms with E-state index in [1.165, 1.54) is 17.8 Å². The van der Waals surface area contributed by atoms with Crippen molar-refractivity contribution in [3.8, 4) is 0 Å². The molecule has 0 spiro atoms. The number of hydrogen-bond donors (Lipinski definition) is 2. The van der Waals surface area contributed by atoms with Crippen molar-refractivity contribution in [2.45, 2.75) is 11.6 Å². The van der Waals surface area contributed by atoms with Crippen LogP contribution >= 0.6 is 35.6 Å². The second kappa shape index (κ2) is 12.7. The van der Waals surface area contributed by atoms with Gasteiger partial charge in [-0.3, -0.25) is 9.59 Å². The summed E-state index contributed by atoms with van der Waals surface area (Å²) in [4.78, 5) is 27.9. The Bertz CT molecular complexity index is 1260. The Balaban J connectivity index is 1.49. The maximum Gasteiger partial charge on any atom is 0.268 e. The summed E-state index contributed by atoms with van der Waals surface area (Å²) in [5, 5.41) is 6.63. The third kappa shape index (κ3) is 7.20. The molecule has 0 unspecified atom stereocenters. The number of nitrogens with one attached hydrogen (secondary N) is 2. The maximum atomic E-state index is 13.1. The molecule has 1 fully saturated rings. The first-order valence-corrected chi connectivity index (χ1v) is 12.8. The molecular weight excluding hydrogens is 518 g/mol. The number of thioether (sulfide) groups is 1. The Labute approximate surface area is 223 Å². The molecule has 0 aliphatic carbocycles. The number of halogens is 1. The number of furan rings is 1. The van der Waals surface area contributed by atoms with Crippen molar-refractivity contribution in [1.29, 1.82) is 0 Å². The number of nitrogens with zero attached hydrogens (tertiary/aromatic N) is 1. The van der Waals surface area contributed by atoms with Crippen LogP contribution in [0.1, 0.15) is 21.7 Å². The van der Waals surface area contributed by atoms with Gasteiger partial charge in [0.25, 0.3) is 11.8 Å². The first-order valence-electron chi connectivity index (χ1n) is 11.2. The number of ether oxygens (including phenoxy) is 1. The average Bonchev–Trinajstić information content (AvgIpc) is 3.35. The summed E-state index contributed by atoms with van der Waals surface area (Å²) < 4.78 is 11.9. The molecule has 1 aromatic heterocycles. The Morgan fingerprint density at radius 1 is 1.03 bits per heavy atom. The van der Waals surface area contributed by atoms with E-state index in [1.807, 2.05) is 24.3 Å². The minimum atomic E-state index is -0.478. The predicted molar refractivity (Wildman–Crippen MR) is 145 cm³/mol. The molecule has 2 amide bonds. The van der Waals surface area contributed by atoms with Crippen LogP contribution in [0.4, 0.5) is 0 Å². The fraction of sp³-hybridized carbons (Fsp3) is 0.192. The third-order valence-electron chi connectivity index (χ3n) is 5.27. The van der Waals surface area contributed by atoms with Gasteiger partial charge in [0.2, 0.25) is 0 Å². The van der Waals surface area contributed by atoms with Gasteiger partial charge in [0, 0.05) is 36.3 Å². The first-order chi connectivity index (χ1) is 17.5. The largest absolute Gasteiger partial charge is 0.450 e. The van der Waals surface area contributed by atoms with Crippen LogP contribution in [0, 0.1) is 0 Å². The highest BCUT2D eigenvalue weighted by Gasteiger charge is 2.18. The molecule has 0 saturated carbocycles. The van der Waals surface area contributed by atoms with Crippen LogP contribution in [0.5, 0.6) is 0 Å². The van der Waals surface area contributed by atoms with E-state index >= 15 is 0 Å². The van der Waals surface area contributed by atoms with Gasteiger partial charge in [0.15, 0.2) is 5.09 Å². The minimum absolute atomic E-state index is 0.0394. The van der Waals surface area contributed by atoms with E-state index in [2.05, 4.69) is 15.5 Å². The second-order valence-electron chi connectivity index (χ2n) is 7.78. The zero-order valence-corrected chi connectivity index (χ0v) is 21.6. The summed E-state index contributed by atoms with van der Waals surface area (Å²) >= 11 is 13.1. The Morgan fingerprint density at radius 2 is 1.75 bits per heavy atom. The molecule has 0 radical (unpaired) electrons. The first kappa shape index (κ1) is 26.0. The highest BCUT2D eigenvalue weighted by atomic mass is 35.5. The number of rotatable bonds is 7. The highest BCUT2D eigenvalue weighted by Crippen LogP contribution is 2.26. The molecule has 2 heterocycles. The summed E-state index contributed by atoms with van der Waals surface area (Å²) in [5.74, 6) is -0.489. The molecule has 10 heteroatoms. The van der Waals surface area contributed by atoms with Gasteiger partial charge in [-0.05, 0) is 47.7 Å². The fourth-order valence-electron chi connectivity index (χ4n) is 3.36. The summed E-state index contributed by atoms with van der Waals surface area (Å²) in [5.41, 5.74) is 1.22. The number of carbonyl (C=O) groups excluding carboxylic acids is 2. The van der Waals surface area contributed by atoms with Crippen LogP contribution in [-0.2, 0) is 16.1 Å². The Hall–Kier alpha value is -3.11. The number of benzene rings is 2. The average molecular weight is 542 g/mol. The van der Waals surface area contributed by atoms with E-state index in [0.717, 1.165) is 18.7 Å². The van der Waals surface area contributed by atoms with E-state index in [9.17, 15) is 9.59 Å². The minimum Gasteiger partial charge on any atom is -0.450 e. The summed E-state index contributed by atoms with van der Waals surface area (Å²) in [6.07, 6.45) is 1.49. The number of morpholine rings is 1. The van der Waals surface area contributed by atoms with Gasteiger partial charge >= 0.3 is 0 Å². The molecule has 1 saturated heterocycles. The SMILES string of the molecule is O=C(NCc1ccccc1Cl)/C(=C/c1ccc(SC(=S)N2CCOCC2)o1)NC(=O)c1ccccc1. The van der Waals surface area contributed by atoms with Crippen molar-refractivity contribution in [3.63, 3.8) is 0 Å². The van der Waals surface area contributed by atoms with Crippen LogP contribution in [-0.4, -0.2) is 47.3 Å². The second-order valence-corrected chi connectivity index (χ2v) is 9.82. The highest BCUT2D eigenvalue weighted by molar-refractivity contribution is 8.22. The van der Waals surface area contributed by atoms with Crippen LogP contribution in [0.2, 0.25) is 5.02 Å². The van der Waals surface area contributed by atoms with E-state index in [0.29, 0.717) is 39.0 Å². The molecular formula is C26H24ClN3O4S2. The van der Waals surface area contributed by atoms with Crippen LogP contribution < -0.4 is 10.6 Å². The lowest BCUT2D eigenvalue weighted by Crippen LogP contribution is -2.38. The zero-order chi connectivity index (χ0) is 25.3. The Kier molecular flexibility index (Phi) is 9.18. The van der Waals surface area contributed by atoms with E-state index in [-0.39, 0.29) is 12.2 Å². The van der Waals surface area contributed by atoms with Crippen molar-refractivity contribution in [3.05, 3.63) is 94.3 Å². The van der Waals surface area contributed by atoms with Crippen molar-refractivity contribution >= 4 is 57.8 Å². The topological polar surface area (TPSA) is 83.8 Å². The lowest BCUT2D eigenvalue weighted by Gasteiger charge is -2.28. The molecule has 0 bridgehead atoms. The smallest absolute Gasteiger partial charge is 0.268 e. The van der Waals surface area contributed by atoms with Crippen molar-refractivity contribution in [2.75, 3.05) is 26.3 Å². The summed E-state index contributed by atoms with van der Waals surface area (Å²) in [6, 6.07) is 19.4. The molecule has 7 nitrogen and oxygen atoms in total. The van der Waals surface area contributed by atoms with Gasteiger partial charge < -0.3 is 24.7 Å². The van der Waals surface area contributed by atoms with Crippen molar-refractivity contribution < 1.29 is 18.7 Å². The molecule has 3 aromatic rings. The maximum absolute atomic E-state index is 13.1. The molecule has 4 rings (SSSR count). The number of hydrogen-bond acceptors (Lipinski definition) is 6. The molecule has 36 heavy (non-hydrogen) atoms. The van der Waals surface area contributed by atoms with Crippen LogP contribution in [0.3, 0.4) is 0 Å². The summed E-state index contributed by atoms with van der Waals surface area (Å²) in [6.45, 7) is 2.95. The molecule has 2 N–H and O–H groups in total. The van der Waals surface area contributed by atoms with Gasteiger partial charge in [0.1, 0.15) is 15.8 Å². The molecule has 0 atom stereocenters. The van der Waals surface area contributed by atoms with Crippen LogP contribution in [0.15, 0.2) is 81.9 Å². The fourth-order valence-corrected chi connectivity index (χ4v) is 4.75. The van der Waals surface area contributed by atoms with E-state index in [4.69, 9.17) is 33.0 Å². The molecule has 186 valence electrons.